The highest BCUT2D eigenvalue weighted by atomic mass is 16.6. The van der Waals surface area contributed by atoms with E-state index >= 15 is 0 Å². The summed E-state index contributed by atoms with van der Waals surface area (Å²) in [6, 6.07) is 12.4. The number of nitro groups is 1. The van der Waals surface area contributed by atoms with Crippen molar-refractivity contribution in [3.05, 3.63) is 58.1 Å². The second kappa shape index (κ2) is 7.50. The van der Waals surface area contributed by atoms with Gasteiger partial charge in [-0.25, -0.2) is 0 Å². The molecule has 7 nitrogen and oxygen atoms in total. The van der Waals surface area contributed by atoms with Crippen LogP contribution < -0.4 is 15.0 Å². The van der Waals surface area contributed by atoms with Crippen molar-refractivity contribution in [3.63, 3.8) is 0 Å². The Morgan fingerprint density at radius 3 is 2.89 bits per heavy atom. The second-order valence-corrected chi connectivity index (χ2v) is 7.36. The van der Waals surface area contributed by atoms with Crippen LogP contribution in [0.5, 0.6) is 5.75 Å². The lowest BCUT2D eigenvalue weighted by atomic mass is 9.80. The molecule has 2 aromatic rings. The van der Waals surface area contributed by atoms with Crippen LogP contribution in [0.2, 0.25) is 0 Å². The molecule has 0 aromatic heterocycles. The lowest BCUT2D eigenvalue weighted by molar-refractivity contribution is -0.384. The van der Waals surface area contributed by atoms with Gasteiger partial charge in [0.2, 0.25) is 5.91 Å². The fourth-order valence-corrected chi connectivity index (χ4v) is 4.38. The van der Waals surface area contributed by atoms with E-state index in [0.29, 0.717) is 17.9 Å². The van der Waals surface area contributed by atoms with Crippen molar-refractivity contribution >= 4 is 23.0 Å². The lowest BCUT2D eigenvalue weighted by Crippen LogP contribution is -2.51. The number of piperidine rings is 1. The van der Waals surface area contributed by atoms with Gasteiger partial charge in [0.05, 0.1) is 18.0 Å². The monoisotopic (exact) mass is 381 g/mol. The van der Waals surface area contributed by atoms with Crippen molar-refractivity contribution in [2.24, 2.45) is 5.92 Å². The highest BCUT2D eigenvalue weighted by Crippen LogP contribution is 2.40. The Labute approximate surface area is 163 Å². The number of anilines is 2. The average Bonchev–Trinajstić information content (AvgIpc) is 2.72. The molecular formula is C21H23N3O4. The van der Waals surface area contributed by atoms with Gasteiger partial charge in [-0.1, -0.05) is 6.07 Å². The van der Waals surface area contributed by atoms with Crippen molar-refractivity contribution in [2.45, 2.75) is 31.7 Å². The van der Waals surface area contributed by atoms with Gasteiger partial charge < -0.3 is 15.0 Å². The first kappa shape index (κ1) is 18.3. The van der Waals surface area contributed by atoms with E-state index in [4.69, 9.17) is 4.74 Å². The van der Waals surface area contributed by atoms with Crippen molar-refractivity contribution in [3.8, 4) is 5.75 Å². The summed E-state index contributed by atoms with van der Waals surface area (Å²) in [4.78, 5) is 26.2. The molecule has 1 fully saturated rings. The third-order valence-electron chi connectivity index (χ3n) is 5.71. The summed E-state index contributed by atoms with van der Waals surface area (Å²) < 4.78 is 5.23. The smallest absolute Gasteiger partial charge is 0.269 e. The Kier molecular flexibility index (Phi) is 4.90. The molecule has 0 aliphatic carbocycles. The molecule has 2 aliphatic rings. The van der Waals surface area contributed by atoms with Crippen LogP contribution in [0, 0.1) is 16.0 Å². The number of ether oxygens (including phenoxy) is 1. The number of fused-ring (bicyclic) bond motifs is 3. The average molecular weight is 381 g/mol. The molecule has 0 unspecified atom stereocenters. The van der Waals surface area contributed by atoms with Crippen LogP contribution >= 0.6 is 0 Å². The molecule has 0 bridgehead atoms. The van der Waals surface area contributed by atoms with Crippen LogP contribution in [0.25, 0.3) is 0 Å². The number of nitro benzene ring substituents is 1. The van der Waals surface area contributed by atoms with Gasteiger partial charge in [-0.05, 0) is 49.4 Å². The standard InChI is InChI=1S/C21H23N3O4/c1-28-17-6-4-5-15(13-17)22-21(25)18-12-14-11-16(24(26)27)8-9-19(14)23-10-3-2-7-20(18)23/h4-6,8-9,11,13,18,20H,2-3,7,10,12H2,1H3,(H,22,25)/t18-,20-/m1/s1. The SMILES string of the molecule is COc1cccc(NC(=O)[C@@H]2Cc3cc([N+](=O)[O-])ccc3N3CCCC[C@H]23)c1. The van der Waals surface area contributed by atoms with Gasteiger partial charge in [0.25, 0.3) is 5.69 Å². The summed E-state index contributed by atoms with van der Waals surface area (Å²) >= 11 is 0. The Bertz CT molecular complexity index is 914. The zero-order chi connectivity index (χ0) is 19.7. The molecule has 0 radical (unpaired) electrons. The number of carbonyl (C=O) groups is 1. The molecule has 1 saturated heterocycles. The van der Waals surface area contributed by atoms with Gasteiger partial charge >= 0.3 is 0 Å². The van der Waals surface area contributed by atoms with Crippen molar-refractivity contribution in [1.29, 1.82) is 0 Å². The predicted octanol–water partition coefficient (Wildman–Crippen LogP) is 3.77. The minimum absolute atomic E-state index is 0.0534. The van der Waals surface area contributed by atoms with Crippen molar-refractivity contribution in [1.82, 2.24) is 0 Å². The predicted molar refractivity (Wildman–Crippen MR) is 107 cm³/mol. The first-order chi connectivity index (χ1) is 13.6. The van der Waals surface area contributed by atoms with Crippen LogP contribution in [0.3, 0.4) is 0 Å². The zero-order valence-corrected chi connectivity index (χ0v) is 15.8. The molecule has 1 amide bonds. The summed E-state index contributed by atoms with van der Waals surface area (Å²) in [6.45, 7) is 0.873. The van der Waals surface area contributed by atoms with E-state index in [9.17, 15) is 14.9 Å². The van der Waals surface area contributed by atoms with Crippen molar-refractivity contribution in [2.75, 3.05) is 23.9 Å². The maximum atomic E-state index is 13.1. The number of hydrogen-bond donors (Lipinski definition) is 1. The van der Waals surface area contributed by atoms with Crippen LogP contribution in [0.15, 0.2) is 42.5 Å². The van der Waals surface area contributed by atoms with Gasteiger partial charge in [0.15, 0.2) is 0 Å². The van der Waals surface area contributed by atoms with Gasteiger partial charge in [-0.15, -0.1) is 0 Å². The maximum absolute atomic E-state index is 13.1. The summed E-state index contributed by atoms with van der Waals surface area (Å²) in [5.74, 6) is 0.380. The topological polar surface area (TPSA) is 84.7 Å². The quantitative estimate of drug-likeness (QED) is 0.644. The molecule has 2 atom stereocenters. The van der Waals surface area contributed by atoms with E-state index in [1.807, 2.05) is 24.3 Å². The Morgan fingerprint density at radius 1 is 1.25 bits per heavy atom. The van der Waals surface area contributed by atoms with Gasteiger partial charge in [0, 0.05) is 42.2 Å². The number of nitrogens with one attached hydrogen (secondary N) is 1. The third kappa shape index (κ3) is 3.40. The molecule has 0 saturated carbocycles. The number of non-ortho nitro benzene ring substituents is 1. The number of nitrogens with zero attached hydrogens (tertiary/aromatic N) is 2. The minimum Gasteiger partial charge on any atom is -0.497 e. The molecular weight excluding hydrogens is 358 g/mol. The van der Waals surface area contributed by atoms with Gasteiger partial charge in [0.1, 0.15) is 5.75 Å². The Morgan fingerprint density at radius 2 is 2.11 bits per heavy atom. The number of benzene rings is 2. The highest BCUT2D eigenvalue weighted by molar-refractivity contribution is 5.94. The summed E-state index contributed by atoms with van der Waals surface area (Å²) in [5.41, 5.74) is 2.66. The second-order valence-electron chi connectivity index (χ2n) is 7.36. The van der Waals surface area contributed by atoms with Crippen LogP contribution in [0.1, 0.15) is 24.8 Å². The third-order valence-corrected chi connectivity index (χ3v) is 5.71. The summed E-state index contributed by atoms with van der Waals surface area (Å²) in [6.07, 6.45) is 3.62. The number of amides is 1. The molecule has 2 aromatic carbocycles. The molecule has 2 aliphatic heterocycles. The van der Waals surface area contributed by atoms with E-state index < -0.39 is 0 Å². The Balaban J connectivity index is 1.63. The fraction of sp³-hybridized carbons (Fsp3) is 0.381. The number of hydrogen-bond acceptors (Lipinski definition) is 5. The maximum Gasteiger partial charge on any atom is 0.269 e. The molecule has 28 heavy (non-hydrogen) atoms. The van der Waals surface area contributed by atoms with Crippen LogP contribution in [0.4, 0.5) is 17.1 Å². The minimum atomic E-state index is -0.381. The van der Waals surface area contributed by atoms with E-state index in [1.165, 1.54) is 0 Å². The first-order valence-electron chi connectivity index (χ1n) is 9.55. The van der Waals surface area contributed by atoms with E-state index in [0.717, 1.165) is 37.1 Å². The largest absolute Gasteiger partial charge is 0.497 e. The van der Waals surface area contributed by atoms with E-state index in [1.54, 1.807) is 25.3 Å². The van der Waals surface area contributed by atoms with Crippen molar-refractivity contribution < 1.29 is 14.5 Å². The molecule has 2 heterocycles. The molecule has 146 valence electrons. The number of methoxy groups -OCH3 is 1. The zero-order valence-electron chi connectivity index (χ0n) is 15.8. The van der Waals surface area contributed by atoms with Gasteiger partial charge in [-0.3, -0.25) is 14.9 Å². The summed E-state index contributed by atoms with van der Waals surface area (Å²) in [7, 11) is 1.59. The molecule has 0 spiro atoms. The van der Waals surface area contributed by atoms with E-state index in [-0.39, 0.29) is 28.5 Å². The fourth-order valence-electron chi connectivity index (χ4n) is 4.38. The first-order valence-corrected chi connectivity index (χ1v) is 9.55. The lowest BCUT2D eigenvalue weighted by Gasteiger charge is -2.45. The molecule has 1 N–H and O–H groups in total. The molecule has 7 heteroatoms. The van der Waals surface area contributed by atoms with Gasteiger partial charge in [-0.2, -0.15) is 0 Å². The molecule has 4 rings (SSSR count). The number of rotatable bonds is 4. The highest BCUT2D eigenvalue weighted by Gasteiger charge is 2.40. The normalized spacial score (nSPS) is 20.7. The van der Waals surface area contributed by atoms with Crippen LogP contribution in [-0.2, 0) is 11.2 Å². The van der Waals surface area contributed by atoms with Crippen LogP contribution in [-0.4, -0.2) is 30.5 Å². The number of carbonyl (C=O) groups excluding carboxylic acids is 1. The Hall–Kier alpha value is -3.09. The van der Waals surface area contributed by atoms with E-state index in [2.05, 4.69) is 10.2 Å². The summed E-state index contributed by atoms with van der Waals surface area (Å²) in [5, 5.41) is 14.2.